The van der Waals surface area contributed by atoms with Crippen LogP contribution in [0.15, 0.2) is 48.5 Å². The maximum absolute atomic E-state index is 4.75. The summed E-state index contributed by atoms with van der Waals surface area (Å²) in [5.41, 5.74) is 4.81. The molecular weight excluding hydrogens is 328 g/mol. The first-order valence-electron chi connectivity index (χ1n) is 8.32. The highest BCUT2D eigenvalue weighted by atomic mass is 32.1. The Bertz CT molecular complexity index is 1040. The van der Waals surface area contributed by atoms with Crippen LogP contribution < -0.4 is 0 Å². The zero-order valence-electron chi connectivity index (χ0n) is 14.8. The third-order valence-electron chi connectivity index (χ3n) is 4.27. The summed E-state index contributed by atoms with van der Waals surface area (Å²) >= 11 is 1.56. The minimum atomic E-state index is 0.151. The molecule has 4 nitrogen and oxygen atoms in total. The Hall–Kier alpha value is -2.53. The average Bonchev–Trinajstić information content (AvgIpc) is 3.14. The van der Waals surface area contributed by atoms with E-state index >= 15 is 0 Å². The highest BCUT2D eigenvalue weighted by Gasteiger charge is 2.16. The lowest BCUT2D eigenvalue weighted by molar-refractivity contribution is 0.590. The van der Waals surface area contributed by atoms with E-state index in [0.717, 1.165) is 26.9 Å². The third kappa shape index (κ3) is 2.96. The molecule has 0 radical (unpaired) electrons. The van der Waals surface area contributed by atoms with Gasteiger partial charge in [-0.25, -0.2) is 0 Å². The van der Waals surface area contributed by atoms with Gasteiger partial charge in [0, 0.05) is 11.1 Å². The van der Waals surface area contributed by atoms with Crippen molar-refractivity contribution in [2.45, 2.75) is 33.1 Å². The fourth-order valence-electron chi connectivity index (χ4n) is 2.81. The first-order valence-corrected chi connectivity index (χ1v) is 9.14. The molecule has 0 atom stereocenters. The summed E-state index contributed by atoms with van der Waals surface area (Å²) in [6.07, 6.45) is 0. The number of nitrogens with zero attached hydrogens (tertiary/aromatic N) is 4. The van der Waals surface area contributed by atoms with Crippen LogP contribution in [0.4, 0.5) is 0 Å². The van der Waals surface area contributed by atoms with Gasteiger partial charge in [-0.1, -0.05) is 80.1 Å². The molecular formula is C20H20N4S. The average molecular weight is 348 g/mol. The van der Waals surface area contributed by atoms with Gasteiger partial charge in [0.25, 0.3) is 0 Å². The van der Waals surface area contributed by atoms with Crippen molar-refractivity contribution in [1.29, 1.82) is 0 Å². The first kappa shape index (κ1) is 16.0. The Balaban J connectivity index is 1.75. The van der Waals surface area contributed by atoms with Gasteiger partial charge in [-0.05, 0) is 24.0 Å². The summed E-state index contributed by atoms with van der Waals surface area (Å²) in [6, 6.07) is 16.9. The standard InChI is InChI=1S/C20H20N4S/c1-13-6-5-7-15(12-13)17-21-22-19-24(17)23-18(25-19)14-8-10-16(11-9-14)20(2,3)4/h5-12H,1-4H3. The number of rotatable bonds is 2. The van der Waals surface area contributed by atoms with Crippen molar-refractivity contribution in [2.24, 2.45) is 0 Å². The molecule has 5 heteroatoms. The van der Waals surface area contributed by atoms with Crippen molar-refractivity contribution < 1.29 is 0 Å². The highest BCUT2D eigenvalue weighted by Crippen LogP contribution is 2.30. The number of hydrogen-bond acceptors (Lipinski definition) is 4. The molecule has 0 spiro atoms. The second-order valence-electron chi connectivity index (χ2n) is 7.32. The molecule has 0 N–H and O–H groups in total. The van der Waals surface area contributed by atoms with E-state index in [9.17, 15) is 0 Å². The Morgan fingerprint density at radius 1 is 0.920 bits per heavy atom. The second kappa shape index (κ2) is 5.77. The van der Waals surface area contributed by atoms with Crippen LogP contribution >= 0.6 is 11.3 Å². The van der Waals surface area contributed by atoms with Crippen LogP contribution in [0.25, 0.3) is 26.9 Å². The zero-order chi connectivity index (χ0) is 17.6. The van der Waals surface area contributed by atoms with Gasteiger partial charge in [0.15, 0.2) is 5.82 Å². The molecule has 4 aromatic rings. The smallest absolute Gasteiger partial charge is 0.182 e. The van der Waals surface area contributed by atoms with Crippen LogP contribution in [0.5, 0.6) is 0 Å². The van der Waals surface area contributed by atoms with E-state index in [2.05, 4.69) is 74.3 Å². The fourth-order valence-corrected chi connectivity index (χ4v) is 3.66. The Kier molecular flexibility index (Phi) is 3.69. The van der Waals surface area contributed by atoms with Gasteiger partial charge < -0.3 is 0 Å². The van der Waals surface area contributed by atoms with Crippen LogP contribution in [0.3, 0.4) is 0 Å². The van der Waals surface area contributed by atoms with Gasteiger partial charge in [-0.3, -0.25) is 0 Å². The molecule has 0 aliphatic heterocycles. The molecule has 126 valence electrons. The van der Waals surface area contributed by atoms with Gasteiger partial charge in [0.05, 0.1) is 0 Å². The van der Waals surface area contributed by atoms with Crippen molar-refractivity contribution in [2.75, 3.05) is 0 Å². The van der Waals surface area contributed by atoms with E-state index in [1.807, 2.05) is 16.6 Å². The van der Waals surface area contributed by atoms with Crippen molar-refractivity contribution in [3.8, 4) is 22.0 Å². The largest absolute Gasteiger partial charge is 0.235 e. The topological polar surface area (TPSA) is 43.1 Å². The molecule has 0 unspecified atom stereocenters. The summed E-state index contributed by atoms with van der Waals surface area (Å²) in [6.45, 7) is 8.74. The Morgan fingerprint density at radius 2 is 1.68 bits per heavy atom. The number of aromatic nitrogens is 4. The molecule has 0 fully saturated rings. The van der Waals surface area contributed by atoms with Crippen LogP contribution in [-0.4, -0.2) is 19.8 Å². The lowest BCUT2D eigenvalue weighted by Gasteiger charge is -2.18. The molecule has 2 aromatic carbocycles. The van der Waals surface area contributed by atoms with Crippen molar-refractivity contribution in [3.63, 3.8) is 0 Å². The normalized spacial score (nSPS) is 12.0. The summed E-state index contributed by atoms with van der Waals surface area (Å²) < 4.78 is 1.84. The molecule has 2 heterocycles. The quantitative estimate of drug-likeness (QED) is 0.504. The third-order valence-corrected chi connectivity index (χ3v) is 5.21. The van der Waals surface area contributed by atoms with Crippen molar-refractivity contribution in [3.05, 3.63) is 59.7 Å². The lowest BCUT2D eigenvalue weighted by atomic mass is 9.87. The molecule has 0 saturated heterocycles. The monoisotopic (exact) mass is 348 g/mol. The number of hydrogen-bond donors (Lipinski definition) is 0. The van der Waals surface area contributed by atoms with Crippen molar-refractivity contribution >= 4 is 16.3 Å². The van der Waals surface area contributed by atoms with Crippen LogP contribution in [0, 0.1) is 6.92 Å². The molecule has 0 aliphatic rings. The molecule has 0 saturated carbocycles. The summed E-state index contributed by atoms with van der Waals surface area (Å²) in [5.74, 6) is 0.785. The van der Waals surface area contributed by atoms with E-state index in [1.165, 1.54) is 11.1 Å². The molecule has 2 aromatic heterocycles. The SMILES string of the molecule is Cc1cccc(-c2nnc3sc(-c4ccc(C(C)(C)C)cc4)nn23)c1. The van der Waals surface area contributed by atoms with Crippen LogP contribution in [0.2, 0.25) is 0 Å². The second-order valence-corrected chi connectivity index (χ2v) is 8.28. The highest BCUT2D eigenvalue weighted by molar-refractivity contribution is 7.19. The molecule has 0 aliphatic carbocycles. The van der Waals surface area contributed by atoms with Gasteiger partial charge in [0.1, 0.15) is 5.01 Å². The van der Waals surface area contributed by atoms with E-state index < -0.39 is 0 Å². The summed E-state index contributed by atoms with van der Waals surface area (Å²) in [5, 5.41) is 14.3. The number of fused-ring (bicyclic) bond motifs is 1. The molecule has 25 heavy (non-hydrogen) atoms. The summed E-state index contributed by atoms with van der Waals surface area (Å²) in [7, 11) is 0. The van der Waals surface area contributed by atoms with Crippen LogP contribution in [0.1, 0.15) is 31.9 Å². The van der Waals surface area contributed by atoms with Gasteiger partial charge in [0.2, 0.25) is 4.96 Å². The predicted molar refractivity (Wildman–Crippen MR) is 103 cm³/mol. The van der Waals surface area contributed by atoms with E-state index in [0.29, 0.717) is 0 Å². The van der Waals surface area contributed by atoms with Gasteiger partial charge >= 0.3 is 0 Å². The molecule has 0 amide bonds. The maximum atomic E-state index is 4.75. The molecule has 4 rings (SSSR count). The fraction of sp³-hybridized carbons (Fsp3) is 0.250. The molecule has 0 bridgehead atoms. The first-order chi connectivity index (χ1) is 11.9. The van der Waals surface area contributed by atoms with Crippen molar-refractivity contribution in [1.82, 2.24) is 19.8 Å². The van der Waals surface area contributed by atoms with E-state index in [1.54, 1.807) is 11.3 Å². The zero-order valence-corrected chi connectivity index (χ0v) is 15.6. The Morgan fingerprint density at radius 3 is 2.36 bits per heavy atom. The van der Waals surface area contributed by atoms with E-state index in [4.69, 9.17) is 5.10 Å². The predicted octanol–water partition coefficient (Wildman–Crippen LogP) is 5.13. The van der Waals surface area contributed by atoms with Gasteiger partial charge in [-0.2, -0.15) is 9.61 Å². The number of aryl methyl sites for hydroxylation is 1. The maximum Gasteiger partial charge on any atom is 0.235 e. The van der Waals surface area contributed by atoms with Crippen LogP contribution in [-0.2, 0) is 5.41 Å². The summed E-state index contributed by atoms with van der Waals surface area (Å²) in [4.78, 5) is 0.811. The lowest BCUT2D eigenvalue weighted by Crippen LogP contribution is -2.10. The van der Waals surface area contributed by atoms with E-state index in [-0.39, 0.29) is 5.41 Å². The minimum absolute atomic E-state index is 0.151. The Labute approximate surface area is 151 Å². The minimum Gasteiger partial charge on any atom is -0.182 e. The van der Waals surface area contributed by atoms with Gasteiger partial charge in [-0.15, -0.1) is 10.2 Å². The number of benzene rings is 2.